The Bertz CT molecular complexity index is 1570. The van der Waals surface area contributed by atoms with Gasteiger partial charge in [0, 0.05) is 18.1 Å². The van der Waals surface area contributed by atoms with Gasteiger partial charge in [-0.2, -0.15) is 3.97 Å². The van der Waals surface area contributed by atoms with E-state index in [2.05, 4.69) is 0 Å². The molecule has 1 amide bonds. The molecule has 0 aliphatic carbocycles. The fraction of sp³-hybridized carbons (Fsp3) is 0.200. The van der Waals surface area contributed by atoms with Crippen LogP contribution in [0, 0.1) is 0 Å². The van der Waals surface area contributed by atoms with E-state index in [0.29, 0.717) is 29.4 Å². The number of hydrogen-bond acceptors (Lipinski definition) is 5. The quantitative estimate of drug-likeness (QED) is 0.395. The van der Waals surface area contributed by atoms with Crippen molar-refractivity contribution in [3.8, 4) is 5.75 Å². The molecule has 1 aliphatic rings. The summed E-state index contributed by atoms with van der Waals surface area (Å²) in [4.78, 5) is 29.0. The van der Waals surface area contributed by atoms with Crippen molar-refractivity contribution in [1.82, 2.24) is 13.4 Å². The number of aromatic nitrogens is 2. The first-order valence-electron chi connectivity index (χ1n) is 11.0. The molecule has 0 saturated carbocycles. The molecular formula is C25H22ClN3O5S. The highest BCUT2D eigenvalue weighted by Gasteiger charge is 2.35. The Kier molecular flexibility index (Phi) is 5.90. The van der Waals surface area contributed by atoms with Crippen molar-refractivity contribution in [3.63, 3.8) is 0 Å². The molecule has 2 heterocycles. The summed E-state index contributed by atoms with van der Waals surface area (Å²) < 4.78 is 34.4. The van der Waals surface area contributed by atoms with E-state index < -0.39 is 21.8 Å². The van der Waals surface area contributed by atoms with Crippen LogP contribution >= 0.6 is 11.6 Å². The zero-order valence-electron chi connectivity index (χ0n) is 18.8. The number of benzene rings is 3. The number of carbonyl (C=O) groups excluding carboxylic acids is 1. The summed E-state index contributed by atoms with van der Waals surface area (Å²) >= 11 is 6.26. The van der Waals surface area contributed by atoms with Gasteiger partial charge in [0.05, 0.1) is 23.0 Å². The van der Waals surface area contributed by atoms with Crippen molar-refractivity contribution in [2.24, 2.45) is 0 Å². The summed E-state index contributed by atoms with van der Waals surface area (Å²) in [6, 6.07) is 18.1. The Morgan fingerprint density at radius 1 is 0.971 bits per heavy atom. The van der Waals surface area contributed by atoms with E-state index in [4.69, 9.17) is 16.3 Å². The molecule has 10 heteroatoms. The summed E-state index contributed by atoms with van der Waals surface area (Å²) in [5.74, 6) is 0.209. The molecule has 1 aliphatic heterocycles. The second-order valence-electron chi connectivity index (χ2n) is 8.22. The van der Waals surface area contributed by atoms with Crippen molar-refractivity contribution in [2.45, 2.75) is 17.4 Å². The van der Waals surface area contributed by atoms with E-state index >= 15 is 0 Å². The monoisotopic (exact) mass is 511 g/mol. The van der Waals surface area contributed by atoms with Crippen molar-refractivity contribution in [2.75, 3.05) is 20.2 Å². The molecule has 1 atom stereocenters. The van der Waals surface area contributed by atoms with Crippen LogP contribution in [-0.2, 0) is 14.8 Å². The normalized spacial score (nSPS) is 14.5. The minimum absolute atomic E-state index is 0.0836. The Morgan fingerprint density at radius 3 is 2.26 bits per heavy atom. The lowest BCUT2D eigenvalue weighted by atomic mass is 10.0. The number of halogens is 1. The number of imidazole rings is 1. The van der Waals surface area contributed by atoms with Gasteiger partial charge in [-0.3, -0.25) is 9.36 Å². The topological polar surface area (TPSA) is 90.6 Å². The first kappa shape index (κ1) is 23.2. The highest BCUT2D eigenvalue weighted by atomic mass is 35.5. The number of hydrogen-bond donors (Lipinski definition) is 0. The number of methoxy groups -OCH3 is 1. The molecule has 5 rings (SSSR count). The molecule has 0 N–H and O–H groups in total. The molecule has 1 aromatic heterocycles. The van der Waals surface area contributed by atoms with E-state index in [0.717, 1.165) is 10.4 Å². The molecule has 4 aromatic rings. The van der Waals surface area contributed by atoms with Crippen LogP contribution in [0.1, 0.15) is 18.0 Å². The Labute approximate surface area is 207 Å². The van der Waals surface area contributed by atoms with Gasteiger partial charge in [-0.15, -0.1) is 0 Å². The fourth-order valence-corrected chi connectivity index (χ4v) is 5.81. The van der Waals surface area contributed by atoms with Crippen molar-refractivity contribution >= 4 is 38.6 Å². The van der Waals surface area contributed by atoms with Gasteiger partial charge in [-0.25, -0.2) is 13.2 Å². The van der Waals surface area contributed by atoms with Gasteiger partial charge in [-0.1, -0.05) is 41.9 Å². The van der Waals surface area contributed by atoms with Crippen LogP contribution < -0.4 is 10.4 Å². The number of carbonyl (C=O) groups is 1. The highest BCUT2D eigenvalue weighted by Crippen LogP contribution is 2.30. The maximum atomic E-state index is 13.9. The minimum atomic E-state index is -4.31. The van der Waals surface area contributed by atoms with Gasteiger partial charge < -0.3 is 9.64 Å². The highest BCUT2D eigenvalue weighted by molar-refractivity contribution is 7.90. The largest absolute Gasteiger partial charge is 0.497 e. The number of rotatable bonds is 6. The molecule has 0 bridgehead atoms. The molecule has 3 aromatic carbocycles. The molecule has 0 radical (unpaired) electrons. The summed E-state index contributed by atoms with van der Waals surface area (Å²) in [5, 5.41) is 0.313. The Morgan fingerprint density at radius 2 is 1.66 bits per heavy atom. The first-order chi connectivity index (χ1) is 16.8. The van der Waals surface area contributed by atoms with Crippen molar-refractivity contribution in [1.29, 1.82) is 0 Å². The standard InChI is InChI=1S/C25H22ClN3O5S/c1-34-19-9-11-20(12-10-19)35(32,33)29-21-13-8-18(26)16-22(21)28(25(29)31)23(17-6-3-2-4-7-17)24(30)27-14-5-15-27/h2-4,6-13,16,23H,5,14-15H2,1H3. The van der Waals surface area contributed by atoms with Crippen LogP contribution in [0.5, 0.6) is 5.75 Å². The Balaban J connectivity index is 1.79. The van der Waals surface area contributed by atoms with Crippen LogP contribution in [0.25, 0.3) is 11.0 Å². The molecule has 180 valence electrons. The second kappa shape index (κ2) is 8.90. The number of fused-ring (bicyclic) bond motifs is 1. The maximum absolute atomic E-state index is 13.9. The van der Waals surface area contributed by atoms with Gasteiger partial charge >= 0.3 is 5.69 Å². The summed E-state index contributed by atoms with van der Waals surface area (Å²) in [6.07, 6.45) is 0.877. The molecule has 1 saturated heterocycles. The predicted octanol–water partition coefficient (Wildman–Crippen LogP) is 3.52. The summed E-state index contributed by atoms with van der Waals surface area (Å²) in [7, 11) is -2.83. The van der Waals surface area contributed by atoms with Crippen molar-refractivity contribution in [3.05, 3.63) is 93.9 Å². The zero-order chi connectivity index (χ0) is 24.7. The average molecular weight is 512 g/mol. The number of amides is 1. The van der Waals surface area contributed by atoms with Crippen LogP contribution in [0.4, 0.5) is 0 Å². The van der Waals surface area contributed by atoms with Gasteiger partial charge in [0.15, 0.2) is 0 Å². The third kappa shape index (κ3) is 3.90. The van der Waals surface area contributed by atoms with E-state index in [-0.39, 0.29) is 21.8 Å². The Hall–Kier alpha value is -3.56. The lowest BCUT2D eigenvalue weighted by Crippen LogP contribution is -2.47. The lowest BCUT2D eigenvalue weighted by molar-refractivity contribution is -0.137. The van der Waals surface area contributed by atoms with Gasteiger partial charge in [-0.05, 0) is 54.4 Å². The third-order valence-corrected chi connectivity index (χ3v) is 8.11. The van der Waals surface area contributed by atoms with E-state index in [1.165, 1.54) is 54.1 Å². The van der Waals surface area contributed by atoms with E-state index in [1.807, 2.05) is 6.07 Å². The van der Waals surface area contributed by atoms with Gasteiger partial charge in [0.25, 0.3) is 10.0 Å². The molecule has 8 nitrogen and oxygen atoms in total. The molecule has 0 spiro atoms. The van der Waals surface area contributed by atoms with Crippen LogP contribution in [0.3, 0.4) is 0 Å². The predicted molar refractivity (Wildman–Crippen MR) is 133 cm³/mol. The zero-order valence-corrected chi connectivity index (χ0v) is 20.4. The lowest BCUT2D eigenvalue weighted by Gasteiger charge is -2.34. The van der Waals surface area contributed by atoms with Crippen molar-refractivity contribution < 1.29 is 17.9 Å². The molecular weight excluding hydrogens is 490 g/mol. The van der Waals surface area contributed by atoms with Crippen LogP contribution in [0.2, 0.25) is 5.02 Å². The number of ether oxygens (including phenoxy) is 1. The number of nitrogens with zero attached hydrogens (tertiary/aromatic N) is 3. The van der Waals surface area contributed by atoms with Gasteiger partial charge in [0.1, 0.15) is 11.8 Å². The van der Waals surface area contributed by atoms with Crippen LogP contribution in [-0.4, -0.2) is 48.0 Å². The maximum Gasteiger partial charge on any atom is 0.344 e. The molecule has 35 heavy (non-hydrogen) atoms. The van der Waals surface area contributed by atoms with Gasteiger partial charge in [0.2, 0.25) is 5.91 Å². The third-order valence-electron chi connectivity index (χ3n) is 6.17. The SMILES string of the molecule is COc1ccc(S(=O)(=O)n2c(=O)n(C(C(=O)N3CCC3)c3ccccc3)c3cc(Cl)ccc32)cc1. The smallest absolute Gasteiger partial charge is 0.344 e. The summed E-state index contributed by atoms with van der Waals surface area (Å²) in [5.41, 5.74) is 0.114. The minimum Gasteiger partial charge on any atom is -0.497 e. The number of likely N-dealkylation sites (tertiary alicyclic amines) is 1. The van der Waals surface area contributed by atoms with E-state index in [1.54, 1.807) is 29.2 Å². The fourth-order valence-electron chi connectivity index (χ4n) is 4.25. The van der Waals surface area contributed by atoms with Crippen LogP contribution in [0.15, 0.2) is 82.5 Å². The first-order valence-corrected chi connectivity index (χ1v) is 12.8. The molecule has 1 fully saturated rings. The molecule has 1 unspecified atom stereocenters. The van der Waals surface area contributed by atoms with E-state index in [9.17, 15) is 18.0 Å². The average Bonchev–Trinajstić information content (AvgIpc) is 3.10. The second-order valence-corrected chi connectivity index (χ2v) is 10.4. The summed E-state index contributed by atoms with van der Waals surface area (Å²) in [6.45, 7) is 1.17.